The van der Waals surface area contributed by atoms with Gasteiger partial charge in [-0.1, -0.05) is 11.6 Å². The van der Waals surface area contributed by atoms with E-state index in [4.69, 9.17) is 17.1 Å². The Labute approximate surface area is 76.8 Å². The van der Waals surface area contributed by atoms with Crippen LogP contribution in [-0.2, 0) is 6.18 Å². The van der Waals surface area contributed by atoms with Gasteiger partial charge in [0.15, 0.2) is 0 Å². The number of hydrogen-bond donors (Lipinski definition) is 1. The van der Waals surface area contributed by atoms with E-state index in [0.717, 1.165) is 18.2 Å². The van der Waals surface area contributed by atoms with Gasteiger partial charge in [0.05, 0.1) is 10.6 Å². The Balaban J connectivity index is 3.21. The van der Waals surface area contributed by atoms with Gasteiger partial charge in [-0.3, -0.25) is 0 Å². The highest BCUT2D eigenvalue weighted by Gasteiger charge is 2.30. The molecular formula is C7H4ClF3N2. The van der Waals surface area contributed by atoms with Crippen LogP contribution in [0.4, 0.5) is 18.9 Å². The Morgan fingerprint density at radius 2 is 1.92 bits per heavy atom. The molecule has 0 aliphatic heterocycles. The average Bonchev–Trinajstić information content (AvgIpc) is 2.03. The molecule has 2 nitrogen and oxygen atoms in total. The number of nitrogens with zero attached hydrogens (tertiary/aromatic N) is 1. The average molecular weight is 209 g/mol. The minimum absolute atomic E-state index is 0.0306. The number of halogens is 4. The second kappa shape index (κ2) is 3.33. The van der Waals surface area contributed by atoms with Crippen LogP contribution < -0.4 is 0 Å². The van der Waals surface area contributed by atoms with Crippen molar-refractivity contribution in [3.05, 3.63) is 28.8 Å². The van der Waals surface area contributed by atoms with E-state index in [2.05, 4.69) is 5.11 Å². The van der Waals surface area contributed by atoms with Gasteiger partial charge in [-0.05, 0) is 18.2 Å². The first-order valence-corrected chi connectivity index (χ1v) is 3.57. The Morgan fingerprint density at radius 1 is 1.31 bits per heavy atom. The summed E-state index contributed by atoms with van der Waals surface area (Å²) in [6.07, 6.45) is -4.43. The lowest BCUT2D eigenvalue weighted by Crippen LogP contribution is -2.03. The van der Waals surface area contributed by atoms with E-state index in [1.54, 1.807) is 0 Å². The van der Waals surface area contributed by atoms with E-state index in [0.29, 0.717) is 0 Å². The number of rotatable bonds is 1. The minimum atomic E-state index is -4.43. The summed E-state index contributed by atoms with van der Waals surface area (Å²) in [6.45, 7) is 0. The highest BCUT2D eigenvalue weighted by Crippen LogP contribution is 2.34. The maximum atomic E-state index is 12.1. The molecule has 1 N–H and O–H groups in total. The number of nitrogens with one attached hydrogen (secondary N) is 1. The highest BCUT2D eigenvalue weighted by atomic mass is 35.5. The van der Waals surface area contributed by atoms with Gasteiger partial charge in [-0.15, -0.1) is 0 Å². The first-order valence-electron chi connectivity index (χ1n) is 3.19. The molecule has 0 aliphatic rings. The number of alkyl halides is 3. The summed E-state index contributed by atoms with van der Waals surface area (Å²) in [4.78, 5) is 0. The molecule has 0 spiro atoms. The van der Waals surface area contributed by atoms with Crippen molar-refractivity contribution in [2.45, 2.75) is 6.18 Å². The van der Waals surface area contributed by atoms with Crippen LogP contribution in [0.15, 0.2) is 23.3 Å². The van der Waals surface area contributed by atoms with E-state index in [9.17, 15) is 13.2 Å². The van der Waals surface area contributed by atoms with Gasteiger partial charge < -0.3 is 0 Å². The van der Waals surface area contributed by atoms with E-state index < -0.39 is 11.7 Å². The molecule has 1 aromatic rings. The SMILES string of the molecule is N=Nc1cc(C(F)(F)F)ccc1Cl. The van der Waals surface area contributed by atoms with Crippen LogP contribution in [0.5, 0.6) is 0 Å². The van der Waals surface area contributed by atoms with Crippen LogP contribution in [0.1, 0.15) is 5.56 Å². The summed E-state index contributed by atoms with van der Waals surface area (Å²) in [5, 5.41) is 2.89. The number of benzene rings is 1. The van der Waals surface area contributed by atoms with Crippen molar-refractivity contribution in [3.8, 4) is 0 Å². The van der Waals surface area contributed by atoms with E-state index in [-0.39, 0.29) is 10.7 Å². The lowest BCUT2D eigenvalue weighted by molar-refractivity contribution is -0.137. The number of hydrogen-bond acceptors (Lipinski definition) is 2. The van der Waals surface area contributed by atoms with Crippen molar-refractivity contribution in [3.63, 3.8) is 0 Å². The molecule has 0 heterocycles. The van der Waals surface area contributed by atoms with Crippen LogP contribution in [0.2, 0.25) is 5.02 Å². The molecule has 0 bridgehead atoms. The lowest BCUT2D eigenvalue weighted by Gasteiger charge is -2.06. The van der Waals surface area contributed by atoms with Gasteiger partial charge in [0.1, 0.15) is 5.69 Å². The van der Waals surface area contributed by atoms with Crippen molar-refractivity contribution in [1.29, 1.82) is 5.53 Å². The highest BCUT2D eigenvalue weighted by molar-refractivity contribution is 6.32. The standard InChI is InChI=1S/C7H4ClF3N2/c8-5-2-1-4(7(9,10)11)3-6(5)13-12/h1-3,12H. The fourth-order valence-corrected chi connectivity index (χ4v) is 0.934. The molecule has 0 aromatic heterocycles. The van der Waals surface area contributed by atoms with E-state index in [1.165, 1.54) is 0 Å². The van der Waals surface area contributed by atoms with Crippen LogP contribution >= 0.6 is 11.6 Å². The third kappa shape index (κ3) is 2.18. The molecular weight excluding hydrogens is 205 g/mol. The Morgan fingerprint density at radius 3 is 2.38 bits per heavy atom. The predicted molar refractivity (Wildman–Crippen MR) is 41.3 cm³/mol. The molecule has 0 saturated carbocycles. The smallest absolute Gasteiger partial charge is 0.204 e. The maximum absolute atomic E-state index is 12.1. The minimum Gasteiger partial charge on any atom is -0.204 e. The molecule has 13 heavy (non-hydrogen) atoms. The quantitative estimate of drug-likeness (QED) is 0.677. The zero-order chi connectivity index (χ0) is 10.1. The van der Waals surface area contributed by atoms with Gasteiger partial charge in [-0.2, -0.15) is 18.3 Å². The van der Waals surface area contributed by atoms with Crippen LogP contribution in [0.25, 0.3) is 0 Å². The van der Waals surface area contributed by atoms with Crippen LogP contribution in [0.3, 0.4) is 0 Å². The Kier molecular flexibility index (Phi) is 2.56. The van der Waals surface area contributed by atoms with Crippen molar-refractivity contribution >= 4 is 17.3 Å². The lowest BCUT2D eigenvalue weighted by atomic mass is 10.2. The molecule has 0 saturated heterocycles. The Bertz CT molecular complexity index is 335. The maximum Gasteiger partial charge on any atom is 0.416 e. The van der Waals surface area contributed by atoms with Gasteiger partial charge in [0.25, 0.3) is 0 Å². The molecule has 0 radical (unpaired) electrons. The van der Waals surface area contributed by atoms with Gasteiger partial charge in [0.2, 0.25) is 0 Å². The molecule has 0 unspecified atom stereocenters. The van der Waals surface area contributed by atoms with Crippen LogP contribution in [0, 0.1) is 5.53 Å². The molecule has 0 amide bonds. The first-order chi connectivity index (χ1) is 5.95. The molecule has 0 atom stereocenters. The fraction of sp³-hybridized carbons (Fsp3) is 0.143. The van der Waals surface area contributed by atoms with Crippen molar-refractivity contribution in [2.24, 2.45) is 5.11 Å². The molecule has 0 fully saturated rings. The zero-order valence-corrected chi connectivity index (χ0v) is 6.95. The van der Waals surface area contributed by atoms with Crippen molar-refractivity contribution < 1.29 is 13.2 Å². The monoisotopic (exact) mass is 208 g/mol. The summed E-state index contributed by atoms with van der Waals surface area (Å²) in [5.41, 5.74) is 5.52. The molecule has 1 aromatic carbocycles. The van der Waals surface area contributed by atoms with E-state index in [1.807, 2.05) is 0 Å². The normalized spacial score (nSPS) is 11.4. The summed E-state index contributed by atoms with van der Waals surface area (Å²) < 4.78 is 36.3. The first kappa shape index (κ1) is 9.98. The summed E-state index contributed by atoms with van der Waals surface area (Å²) in [5.74, 6) is 0. The third-order valence-corrected chi connectivity index (χ3v) is 1.71. The topological polar surface area (TPSA) is 36.2 Å². The second-order valence-corrected chi connectivity index (χ2v) is 2.68. The molecule has 6 heteroatoms. The second-order valence-electron chi connectivity index (χ2n) is 2.28. The van der Waals surface area contributed by atoms with Gasteiger partial charge >= 0.3 is 6.18 Å². The largest absolute Gasteiger partial charge is 0.416 e. The molecule has 0 aliphatic carbocycles. The molecule has 70 valence electrons. The Hall–Kier alpha value is -1.10. The summed E-state index contributed by atoms with van der Waals surface area (Å²) in [7, 11) is 0. The van der Waals surface area contributed by atoms with Gasteiger partial charge in [0, 0.05) is 0 Å². The van der Waals surface area contributed by atoms with Crippen molar-refractivity contribution in [2.75, 3.05) is 0 Å². The van der Waals surface area contributed by atoms with E-state index >= 15 is 0 Å². The van der Waals surface area contributed by atoms with Crippen molar-refractivity contribution in [1.82, 2.24) is 0 Å². The van der Waals surface area contributed by atoms with Gasteiger partial charge in [-0.25, -0.2) is 5.53 Å². The predicted octanol–water partition coefficient (Wildman–Crippen LogP) is 4.02. The summed E-state index contributed by atoms with van der Waals surface area (Å²) in [6, 6.07) is 2.64. The third-order valence-electron chi connectivity index (χ3n) is 1.39. The summed E-state index contributed by atoms with van der Waals surface area (Å²) >= 11 is 5.47. The zero-order valence-electron chi connectivity index (χ0n) is 6.19. The molecule has 1 rings (SSSR count). The van der Waals surface area contributed by atoms with Crippen LogP contribution in [-0.4, -0.2) is 0 Å². The fourth-order valence-electron chi connectivity index (χ4n) is 0.775.